The number of carbonyl (C=O) groups excluding carboxylic acids is 1. The molecular formula is C13H15NO3. The maximum Gasteiger partial charge on any atom is 0.119 e. The number of hydrogen-bond acceptors (Lipinski definition) is 4. The molecule has 0 aromatic heterocycles. The summed E-state index contributed by atoms with van der Waals surface area (Å²) in [5.41, 5.74) is 6.18. The third kappa shape index (κ3) is 7.44. The van der Waals surface area contributed by atoms with E-state index in [9.17, 15) is 0 Å². The van der Waals surface area contributed by atoms with Gasteiger partial charge < -0.3 is 20.7 Å². The van der Waals surface area contributed by atoms with Crippen LogP contribution in [0.1, 0.15) is 0 Å². The molecule has 2 aromatic carbocycles. The Kier molecular flexibility index (Phi) is 7.50. The van der Waals surface area contributed by atoms with Gasteiger partial charge in [0.2, 0.25) is 0 Å². The lowest BCUT2D eigenvalue weighted by molar-refractivity contribution is -0.0979. The third-order valence-corrected chi connectivity index (χ3v) is 1.63. The molecule has 0 amide bonds. The van der Waals surface area contributed by atoms with Crippen LogP contribution in [-0.2, 0) is 4.79 Å². The molecule has 0 spiro atoms. The van der Waals surface area contributed by atoms with Crippen LogP contribution in [0, 0.1) is 0 Å². The first kappa shape index (κ1) is 14.5. The van der Waals surface area contributed by atoms with Crippen molar-refractivity contribution in [2.45, 2.75) is 0 Å². The van der Waals surface area contributed by atoms with Gasteiger partial charge in [-0.05, 0) is 24.3 Å². The lowest BCUT2D eigenvalue weighted by Crippen LogP contribution is -1.79. The van der Waals surface area contributed by atoms with Crippen LogP contribution in [0.15, 0.2) is 54.6 Å². The van der Waals surface area contributed by atoms with Crippen molar-refractivity contribution >= 4 is 12.5 Å². The Labute approximate surface area is 100.0 Å². The summed E-state index contributed by atoms with van der Waals surface area (Å²) >= 11 is 0. The van der Waals surface area contributed by atoms with Crippen LogP contribution in [0.4, 0.5) is 5.69 Å². The monoisotopic (exact) mass is 233 g/mol. The summed E-state index contributed by atoms with van der Waals surface area (Å²) < 4.78 is 0. The Hall–Kier alpha value is -2.49. The zero-order valence-electron chi connectivity index (χ0n) is 9.28. The largest absolute Gasteiger partial charge is 0.508 e. The smallest absolute Gasteiger partial charge is 0.119 e. The molecule has 0 aliphatic rings. The van der Waals surface area contributed by atoms with Crippen LogP contribution >= 0.6 is 0 Å². The molecule has 4 nitrogen and oxygen atoms in total. The number of rotatable bonds is 0. The molecule has 0 radical (unpaired) electrons. The van der Waals surface area contributed by atoms with Gasteiger partial charge >= 0.3 is 0 Å². The van der Waals surface area contributed by atoms with Gasteiger partial charge in [-0.15, -0.1) is 0 Å². The number of benzene rings is 2. The van der Waals surface area contributed by atoms with E-state index in [4.69, 9.17) is 20.7 Å². The van der Waals surface area contributed by atoms with Crippen LogP contribution < -0.4 is 5.73 Å². The van der Waals surface area contributed by atoms with Gasteiger partial charge in [-0.1, -0.05) is 24.3 Å². The normalized spacial score (nSPS) is 8.00. The molecular weight excluding hydrogens is 218 g/mol. The maximum atomic E-state index is 8.65. The van der Waals surface area contributed by atoms with Crippen molar-refractivity contribution in [2.24, 2.45) is 0 Å². The molecule has 0 fully saturated rings. The first-order valence-electron chi connectivity index (χ1n) is 4.76. The van der Waals surface area contributed by atoms with E-state index in [0.29, 0.717) is 0 Å². The number of hydrogen-bond donors (Lipinski definition) is 3. The highest BCUT2D eigenvalue weighted by molar-refractivity contribution is 5.35. The zero-order valence-corrected chi connectivity index (χ0v) is 9.28. The minimum atomic E-state index is 0.0880. The van der Waals surface area contributed by atoms with E-state index >= 15 is 0 Å². The number of para-hydroxylation sites is 1. The van der Waals surface area contributed by atoms with Crippen molar-refractivity contribution in [3.05, 3.63) is 54.6 Å². The van der Waals surface area contributed by atoms with Crippen molar-refractivity contribution in [3.8, 4) is 11.5 Å². The molecule has 0 atom stereocenters. The average molecular weight is 233 g/mol. The van der Waals surface area contributed by atoms with Gasteiger partial charge in [-0.3, -0.25) is 0 Å². The van der Waals surface area contributed by atoms with Crippen LogP contribution in [0.3, 0.4) is 0 Å². The van der Waals surface area contributed by atoms with Crippen molar-refractivity contribution in [2.75, 3.05) is 5.73 Å². The summed E-state index contributed by atoms with van der Waals surface area (Å²) in [7, 11) is 0. The fourth-order valence-electron chi connectivity index (χ4n) is 0.946. The molecule has 90 valence electrons. The fraction of sp³-hybridized carbons (Fsp3) is 0. The van der Waals surface area contributed by atoms with E-state index in [-0.39, 0.29) is 11.5 Å². The highest BCUT2D eigenvalue weighted by Crippen LogP contribution is 2.14. The highest BCUT2D eigenvalue weighted by Gasteiger charge is 1.85. The summed E-state index contributed by atoms with van der Waals surface area (Å²) in [6, 6.07) is 15.3. The summed E-state index contributed by atoms with van der Waals surface area (Å²) in [5, 5.41) is 17.3. The van der Waals surface area contributed by atoms with Crippen LogP contribution in [0.25, 0.3) is 0 Å². The number of phenolic OH excluding ortho intramolecular Hbond substituents is 2. The number of phenols is 2. The highest BCUT2D eigenvalue weighted by atomic mass is 16.3. The number of nitrogen functional groups attached to an aromatic ring is 1. The van der Waals surface area contributed by atoms with Gasteiger partial charge in [0.1, 0.15) is 18.3 Å². The Morgan fingerprint density at radius 2 is 1.29 bits per heavy atom. The standard InChI is InChI=1S/C6H7N.C6H6O2.CH2O/c7-6-4-2-1-3-5-6;7-5-2-1-3-6(8)4-5;1-2/h1-5H,7H2;1-4,7-8H;1H2. The second-order valence-corrected chi connectivity index (χ2v) is 2.93. The zero-order chi connectivity index (χ0) is 13.1. The predicted molar refractivity (Wildman–Crippen MR) is 67.7 cm³/mol. The van der Waals surface area contributed by atoms with E-state index in [1.807, 2.05) is 37.1 Å². The van der Waals surface area contributed by atoms with E-state index < -0.39 is 0 Å². The molecule has 0 saturated carbocycles. The van der Waals surface area contributed by atoms with Crippen LogP contribution in [0.5, 0.6) is 11.5 Å². The fourth-order valence-corrected chi connectivity index (χ4v) is 0.946. The van der Waals surface area contributed by atoms with Gasteiger partial charge in [0.05, 0.1) is 0 Å². The van der Waals surface area contributed by atoms with Crippen LogP contribution in [0.2, 0.25) is 0 Å². The molecule has 2 aromatic rings. The summed E-state index contributed by atoms with van der Waals surface area (Å²) in [6.07, 6.45) is 0. The van der Waals surface area contributed by atoms with Crippen LogP contribution in [-0.4, -0.2) is 17.0 Å². The molecule has 2 rings (SSSR count). The minimum absolute atomic E-state index is 0.0880. The Morgan fingerprint density at radius 1 is 0.824 bits per heavy atom. The minimum Gasteiger partial charge on any atom is -0.508 e. The van der Waals surface area contributed by atoms with Gasteiger partial charge in [0.15, 0.2) is 0 Å². The Balaban J connectivity index is 0.000000265. The number of anilines is 1. The molecule has 0 aliphatic heterocycles. The van der Waals surface area contributed by atoms with Crippen molar-refractivity contribution in [1.29, 1.82) is 0 Å². The van der Waals surface area contributed by atoms with E-state index in [0.717, 1.165) is 5.69 Å². The first-order valence-corrected chi connectivity index (χ1v) is 4.76. The summed E-state index contributed by atoms with van der Waals surface area (Å²) in [5.74, 6) is 0.176. The molecule has 0 bridgehead atoms. The Morgan fingerprint density at radius 3 is 1.53 bits per heavy atom. The van der Waals surface area contributed by atoms with E-state index in [1.54, 1.807) is 6.07 Å². The maximum absolute atomic E-state index is 8.65. The lowest BCUT2D eigenvalue weighted by Gasteiger charge is -1.89. The molecule has 4 heteroatoms. The van der Waals surface area contributed by atoms with E-state index in [2.05, 4.69) is 0 Å². The van der Waals surface area contributed by atoms with Gasteiger partial charge in [0, 0.05) is 11.8 Å². The van der Waals surface area contributed by atoms with Crippen molar-refractivity contribution in [3.63, 3.8) is 0 Å². The second kappa shape index (κ2) is 8.79. The lowest BCUT2D eigenvalue weighted by atomic mass is 10.3. The average Bonchev–Trinajstić information content (AvgIpc) is 2.33. The number of nitrogens with two attached hydrogens (primary N) is 1. The molecule has 0 aliphatic carbocycles. The predicted octanol–water partition coefficient (Wildman–Crippen LogP) is 2.18. The quantitative estimate of drug-likeness (QED) is 0.609. The second-order valence-electron chi connectivity index (χ2n) is 2.93. The van der Waals surface area contributed by atoms with Gasteiger partial charge in [0.25, 0.3) is 0 Å². The molecule has 4 N–H and O–H groups in total. The third-order valence-electron chi connectivity index (χ3n) is 1.63. The van der Waals surface area contributed by atoms with Gasteiger partial charge in [-0.25, -0.2) is 0 Å². The first-order chi connectivity index (χ1) is 8.18. The van der Waals surface area contributed by atoms with Crippen molar-refractivity contribution in [1.82, 2.24) is 0 Å². The van der Waals surface area contributed by atoms with E-state index in [1.165, 1.54) is 18.2 Å². The van der Waals surface area contributed by atoms with Gasteiger partial charge in [-0.2, -0.15) is 0 Å². The SMILES string of the molecule is C=O.Nc1ccccc1.Oc1cccc(O)c1. The molecule has 0 unspecified atom stereocenters. The summed E-state index contributed by atoms with van der Waals surface area (Å²) in [6.45, 7) is 2.00. The number of aromatic hydroxyl groups is 2. The summed E-state index contributed by atoms with van der Waals surface area (Å²) in [4.78, 5) is 8.00. The molecule has 0 heterocycles. The topological polar surface area (TPSA) is 83.6 Å². The Bertz CT molecular complexity index is 401. The van der Waals surface area contributed by atoms with Crippen molar-refractivity contribution < 1.29 is 15.0 Å². The molecule has 17 heavy (non-hydrogen) atoms. The molecule has 0 saturated heterocycles. The number of carbonyl (C=O) groups is 1.